The Morgan fingerprint density at radius 3 is 2.85 bits per heavy atom. The Hall–Kier alpha value is -0.870. The van der Waals surface area contributed by atoms with E-state index in [0.29, 0.717) is 30.3 Å². The van der Waals surface area contributed by atoms with E-state index in [4.69, 9.17) is 0 Å². The van der Waals surface area contributed by atoms with Gasteiger partial charge in [0.2, 0.25) is 5.91 Å². The predicted octanol–water partition coefficient (Wildman–Crippen LogP) is 2.62. The zero-order valence-corrected chi connectivity index (χ0v) is 13.2. The number of carbonyl (C=O) groups is 1. The van der Waals surface area contributed by atoms with Crippen LogP contribution in [0.3, 0.4) is 0 Å². The normalized spacial score (nSPS) is 26.4. The molecule has 3 rings (SSSR count). The van der Waals surface area contributed by atoms with Crippen molar-refractivity contribution in [3.05, 3.63) is 22.4 Å². The first kappa shape index (κ1) is 14.1. The van der Waals surface area contributed by atoms with E-state index in [1.807, 2.05) is 0 Å². The van der Waals surface area contributed by atoms with Crippen LogP contribution in [0.5, 0.6) is 0 Å². The molecule has 1 amide bonds. The standard InChI is InChI=1S/C16H24N2OS/c1-12(2)10-17-6-3-15-14(17)4-7-18(15)16(19)9-13-5-8-20-11-13/h5,8,11-12,14-15H,3-4,6-7,9-10H2,1-2H3/t14-,15+/m0/s1. The number of thiophene rings is 1. The average molecular weight is 292 g/mol. The number of carbonyl (C=O) groups excluding carboxylic acids is 1. The van der Waals surface area contributed by atoms with Gasteiger partial charge in [-0.15, -0.1) is 0 Å². The maximum absolute atomic E-state index is 12.5. The SMILES string of the molecule is CC(C)CN1CC[C@@H]2[C@@H]1CCN2C(=O)Cc1ccsc1. The second-order valence-corrected chi connectivity index (χ2v) is 7.28. The third-order valence-electron chi connectivity index (χ3n) is 4.55. The zero-order valence-electron chi connectivity index (χ0n) is 12.4. The lowest BCUT2D eigenvalue weighted by atomic mass is 10.1. The molecule has 2 saturated heterocycles. The molecule has 110 valence electrons. The number of nitrogens with zero attached hydrogens (tertiary/aromatic N) is 2. The Balaban J connectivity index is 1.61. The summed E-state index contributed by atoms with van der Waals surface area (Å²) < 4.78 is 0. The minimum atomic E-state index is 0.322. The number of likely N-dealkylation sites (tertiary alicyclic amines) is 2. The van der Waals surface area contributed by atoms with E-state index in [2.05, 4.69) is 40.5 Å². The number of fused-ring (bicyclic) bond motifs is 1. The van der Waals surface area contributed by atoms with Gasteiger partial charge in [0.05, 0.1) is 6.42 Å². The summed E-state index contributed by atoms with van der Waals surface area (Å²) in [6.45, 7) is 7.85. The highest BCUT2D eigenvalue weighted by Gasteiger charge is 2.43. The Labute approximate surface area is 125 Å². The number of rotatable bonds is 4. The summed E-state index contributed by atoms with van der Waals surface area (Å²) in [7, 11) is 0. The molecule has 2 fully saturated rings. The van der Waals surface area contributed by atoms with Crippen LogP contribution in [0.2, 0.25) is 0 Å². The summed E-state index contributed by atoms with van der Waals surface area (Å²) in [5, 5.41) is 4.14. The van der Waals surface area contributed by atoms with Crippen LogP contribution in [0.1, 0.15) is 32.3 Å². The van der Waals surface area contributed by atoms with Gasteiger partial charge in [-0.3, -0.25) is 9.69 Å². The van der Waals surface area contributed by atoms with Gasteiger partial charge in [-0.05, 0) is 41.1 Å². The van der Waals surface area contributed by atoms with Crippen LogP contribution >= 0.6 is 11.3 Å². The van der Waals surface area contributed by atoms with Crippen molar-refractivity contribution < 1.29 is 4.79 Å². The van der Waals surface area contributed by atoms with E-state index in [1.165, 1.54) is 12.1 Å². The molecule has 0 aliphatic carbocycles. The third kappa shape index (κ3) is 2.77. The topological polar surface area (TPSA) is 23.6 Å². The summed E-state index contributed by atoms with van der Waals surface area (Å²) in [5.41, 5.74) is 1.17. The van der Waals surface area contributed by atoms with E-state index in [-0.39, 0.29) is 0 Å². The van der Waals surface area contributed by atoms with Gasteiger partial charge in [-0.1, -0.05) is 13.8 Å². The second kappa shape index (κ2) is 5.86. The van der Waals surface area contributed by atoms with Crippen LogP contribution in [0.4, 0.5) is 0 Å². The quantitative estimate of drug-likeness (QED) is 0.852. The van der Waals surface area contributed by atoms with E-state index in [9.17, 15) is 4.79 Å². The molecule has 0 unspecified atom stereocenters. The van der Waals surface area contributed by atoms with Crippen LogP contribution in [0.25, 0.3) is 0 Å². The number of hydrogen-bond donors (Lipinski definition) is 0. The lowest BCUT2D eigenvalue weighted by Gasteiger charge is -2.26. The van der Waals surface area contributed by atoms with Crippen LogP contribution in [0, 0.1) is 5.92 Å². The lowest BCUT2D eigenvalue weighted by molar-refractivity contribution is -0.131. The average Bonchev–Trinajstić information content (AvgIpc) is 3.06. The predicted molar refractivity (Wildman–Crippen MR) is 83.0 cm³/mol. The maximum atomic E-state index is 12.5. The van der Waals surface area contributed by atoms with Crippen LogP contribution in [-0.4, -0.2) is 47.4 Å². The molecule has 0 bridgehead atoms. The molecule has 1 aromatic rings. The molecule has 20 heavy (non-hydrogen) atoms. The zero-order chi connectivity index (χ0) is 14.1. The second-order valence-electron chi connectivity index (χ2n) is 6.50. The smallest absolute Gasteiger partial charge is 0.227 e. The Morgan fingerprint density at radius 1 is 1.35 bits per heavy atom. The molecule has 3 heterocycles. The van der Waals surface area contributed by atoms with Gasteiger partial charge < -0.3 is 4.90 Å². The van der Waals surface area contributed by atoms with Gasteiger partial charge in [0, 0.05) is 31.7 Å². The fraction of sp³-hybridized carbons (Fsp3) is 0.688. The monoisotopic (exact) mass is 292 g/mol. The molecular weight excluding hydrogens is 268 g/mol. The fourth-order valence-electron chi connectivity index (χ4n) is 3.75. The summed E-state index contributed by atoms with van der Waals surface area (Å²) >= 11 is 1.67. The fourth-order valence-corrected chi connectivity index (χ4v) is 4.42. The van der Waals surface area contributed by atoms with Crippen molar-refractivity contribution in [3.63, 3.8) is 0 Å². The Morgan fingerprint density at radius 2 is 2.15 bits per heavy atom. The lowest BCUT2D eigenvalue weighted by Crippen LogP contribution is -2.41. The highest BCUT2D eigenvalue weighted by molar-refractivity contribution is 7.07. The van der Waals surface area contributed by atoms with Crippen molar-refractivity contribution >= 4 is 17.2 Å². The van der Waals surface area contributed by atoms with E-state index in [1.54, 1.807) is 11.3 Å². The Bertz CT molecular complexity index is 457. The van der Waals surface area contributed by atoms with Crippen molar-refractivity contribution in [2.75, 3.05) is 19.6 Å². The highest BCUT2D eigenvalue weighted by atomic mass is 32.1. The summed E-state index contributed by atoms with van der Waals surface area (Å²) in [6, 6.07) is 3.15. The van der Waals surface area contributed by atoms with Gasteiger partial charge >= 0.3 is 0 Å². The van der Waals surface area contributed by atoms with Crippen molar-refractivity contribution in [1.82, 2.24) is 9.80 Å². The molecule has 1 aromatic heterocycles. The van der Waals surface area contributed by atoms with Crippen molar-refractivity contribution in [1.29, 1.82) is 0 Å². The molecule has 2 aliphatic heterocycles. The van der Waals surface area contributed by atoms with Gasteiger partial charge in [-0.2, -0.15) is 11.3 Å². The van der Waals surface area contributed by atoms with Gasteiger partial charge in [-0.25, -0.2) is 0 Å². The van der Waals surface area contributed by atoms with Gasteiger partial charge in [0.25, 0.3) is 0 Å². The van der Waals surface area contributed by atoms with Crippen LogP contribution in [-0.2, 0) is 11.2 Å². The van der Waals surface area contributed by atoms with E-state index < -0.39 is 0 Å². The summed E-state index contributed by atoms with van der Waals surface area (Å²) in [4.78, 5) is 17.3. The molecule has 0 radical (unpaired) electrons. The van der Waals surface area contributed by atoms with E-state index in [0.717, 1.165) is 25.9 Å². The van der Waals surface area contributed by atoms with Crippen LogP contribution in [0.15, 0.2) is 16.8 Å². The minimum Gasteiger partial charge on any atom is -0.338 e. The number of hydrogen-bond acceptors (Lipinski definition) is 3. The molecular formula is C16H24N2OS. The molecule has 0 spiro atoms. The molecule has 0 N–H and O–H groups in total. The van der Waals surface area contributed by atoms with Crippen LogP contribution < -0.4 is 0 Å². The maximum Gasteiger partial charge on any atom is 0.227 e. The Kier molecular flexibility index (Phi) is 4.13. The third-order valence-corrected chi connectivity index (χ3v) is 5.28. The van der Waals surface area contributed by atoms with Crippen molar-refractivity contribution in [2.45, 2.75) is 45.2 Å². The van der Waals surface area contributed by atoms with E-state index >= 15 is 0 Å². The van der Waals surface area contributed by atoms with Gasteiger partial charge in [0.15, 0.2) is 0 Å². The molecule has 4 heteroatoms. The summed E-state index contributed by atoms with van der Waals surface area (Å²) in [6.07, 6.45) is 2.90. The number of amides is 1. The first-order chi connectivity index (χ1) is 9.65. The summed E-state index contributed by atoms with van der Waals surface area (Å²) in [5.74, 6) is 1.03. The van der Waals surface area contributed by atoms with Crippen molar-refractivity contribution in [2.24, 2.45) is 5.92 Å². The molecule has 3 nitrogen and oxygen atoms in total. The van der Waals surface area contributed by atoms with Crippen molar-refractivity contribution in [3.8, 4) is 0 Å². The highest BCUT2D eigenvalue weighted by Crippen LogP contribution is 2.32. The minimum absolute atomic E-state index is 0.322. The first-order valence-corrected chi connectivity index (χ1v) is 8.64. The molecule has 2 atom stereocenters. The largest absolute Gasteiger partial charge is 0.338 e. The molecule has 0 aromatic carbocycles. The molecule has 0 saturated carbocycles. The molecule has 2 aliphatic rings. The first-order valence-electron chi connectivity index (χ1n) is 7.69. The van der Waals surface area contributed by atoms with Gasteiger partial charge in [0.1, 0.15) is 0 Å².